The molecule has 0 atom stereocenters. The Kier molecular flexibility index (Phi) is 4.67. The quantitative estimate of drug-likeness (QED) is 0.469. The largest absolute Gasteiger partial charge is 0.464 e. The zero-order valence-electron chi connectivity index (χ0n) is 15.1. The molecule has 0 spiro atoms. The number of methoxy groups -OCH3 is 1. The number of benzene rings is 3. The third kappa shape index (κ3) is 3.32. The first-order chi connectivity index (χ1) is 13.3. The minimum absolute atomic E-state index is 0.355. The molecule has 4 aromatic rings. The van der Waals surface area contributed by atoms with E-state index in [2.05, 4.69) is 18.2 Å². The molecule has 0 saturated heterocycles. The maximum atomic E-state index is 12.6. The van der Waals surface area contributed by atoms with E-state index in [4.69, 9.17) is 9.72 Å². The van der Waals surface area contributed by atoms with E-state index in [-0.39, 0.29) is 0 Å². The van der Waals surface area contributed by atoms with Gasteiger partial charge in [-0.3, -0.25) is 0 Å². The summed E-state index contributed by atoms with van der Waals surface area (Å²) in [5, 5.41) is 2.05. The number of hydrogen-bond donors (Lipinski definition) is 0. The molecule has 3 nitrogen and oxygen atoms in total. The second-order valence-corrected chi connectivity index (χ2v) is 6.35. The Labute approximate surface area is 158 Å². The molecular formula is C24H19NO2. The molecule has 0 aliphatic rings. The van der Waals surface area contributed by atoms with Gasteiger partial charge in [-0.05, 0) is 16.5 Å². The average Bonchev–Trinajstić information content (AvgIpc) is 2.74. The second-order valence-electron chi connectivity index (χ2n) is 6.35. The molecule has 0 radical (unpaired) electrons. The Balaban J connectivity index is 2.00. The molecule has 3 aromatic carbocycles. The van der Waals surface area contributed by atoms with E-state index in [1.54, 1.807) is 0 Å². The number of aromatic nitrogens is 1. The number of carbonyl (C=O) groups is 1. The summed E-state index contributed by atoms with van der Waals surface area (Å²) >= 11 is 0. The second kappa shape index (κ2) is 7.42. The number of fused-ring (bicyclic) bond motifs is 1. The van der Waals surface area contributed by atoms with Gasteiger partial charge >= 0.3 is 5.97 Å². The number of esters is 1. The van der Waals surface area contributed by atoms with Crippen LogP contribution in [0.4, 0.5) is 0 Å². The van der Waals surface area contributed by atoms with Crippen LogP contribution in [0, 0.1) is 0 Å². The van der Waals surface area contributed by atoms with Crippen LogP contribution < -0.4 is 0 Å². The van der Waals surface area contributed by atoms with E-state index >= 15 is 0 Å². The van der Waals surface area contributed by atoms with E-state index in [1.165, 1.54) is 7.11 Å². The van der Waals surface area contributed by atoms with Crippen molar-refractivity contribution in [1.82, 2.24) is 4.98 Å². The first-order valence-electron chi connectivity index (χ1n) is 8.87. The smallest absolute Gasteiger partial charge is 0.357 e. The van der Waals surface area contributed by atoms with Crippen LogP contribution >= 0.6 is 0 Å². The van der Waals surface area contributed by atoms with Crippen molar-refractivity contribution >= 4 is 16.7 Å². The highest BCUT2D eigenvalue weighted by molar-refractivity contribution is 6.07. The maximum Gasteiger partial charge on any atom is 0.357 e. The molecule has 0 fully saturated rings. The van der Waals surface area contributed by atoms with E-state index < -0.39 is 5.97 Å². The van der Waals surface area contributed by atoms with Crippen molar-refractivity contribution in [3.63, 3.8) is 0 Å². The van der Waals surface area contributed by atoms with E-state index in [0.717, 1.165) is 33.2 Å². The zero-order chi connectivity index (χ0) is 18.6. The molecule has 0 aliphatic heterocycles. The third-order valence-corrected chi connectivity index (χ3v) is 4.65. The van der Waals surface area contributed by atoms with Crippen molar-refractivity contribution in [2.24, 2.45) is 0 Å². The van der Waals surface area contributed by atoms with Gasteiger partial charge < -0.3 is 4.74 Å². The van der Waals surface area contributed by atoms with Crippen molar-refractivity contribution in [2.75, 3.05) is 7.11 Å². The summed E-state index contributed by atoms with van der Waals surface area (Å²) in [5.41, 5.74) is 4.14. The first-order valence-corrected chi connectivity index (χ1v) is 8.87. The van der Waals surface area contributed by atoms with E-state index in [0.29, 0.717) is 12.1 Å². The predicted octanol–water partition coefficient (Wildman–Crippen LogP) is 5.28. The summed E-state index contributed by atoms with van der Waals surface area (Å²) in [7, 11) is 1.39. The van der Waals surface area contributed by atoms with Gasteiger partial charge in [-0.1, -0.05) is 84.9 Å². The van der Waals surface area contributed by atoms with Gasteiger partial charge in [0, 0.05) is 17.4 Å². The van der Waals surface area contributed by atoms with Gasteiger partial charge in [0.05, 0.1) is 12.8 Å². The van der Waals surface area contributed by atoms with Crippen molar-refractivity contribution in [1.29, 1.82) is 0 Å². The third-order valence-electron chi connectivity index (χ3n) is 4.65. The summed E-state index contributed by atoms with van der Waals surface area (Å²) in [5.74, 6) is -0.422. The molecule has 27 heavy (non-hydrogen) atoms. The molecule has 1 aromatic heterocycles. The molecule has 3 heteroatoms. The summed E-state index contributed by atoms with van der Waals surface area (Å²) in [6.45, 7) is 0. The average molecular weight is 353 g/mol. The molecule has 0 amide bonds. The fourth-order valence-corrected chi connectivity index (χ4v) is 3.40. The summed E-state index contributed by atoms with van der Waals surface area (Å²) in [6, 6.07) is 28.1. The van der Waals surface area contributed by atoms with Gasteiger partial charge in [-0.15, -0.1) is 0 Å². The monoisotopic (exact) mass is 353 g/mol. The Morgan fingerprint density at radius 2 is 1.41 bits per heavy atom. The van der Waals surface area contributed by atoms with Crippen molar-refractivity contribution in [2.45, 2.75) is 6.42 Å². The van der Waals surface area contributed by atoms with Crippen LogP contribution in [0.1, 0.15) is 21.7 Å². The lowest BCUT2D eigenvalue weighted by Crippen LogP contribution is -2.10. The van der Waals surface area contributed by atoms with Crippen molar-refractivity contribution < 1.29 is 9.53 Å². The molecule has 0 N–H and O–H groups in total. The van der Waals surface area contributed by atoms with E-state index in [1.807, 2.05) is 66.7 Å². The maximum absolute atomic E-state index is 12.6. The van der Waals surface area contributed by atoms with Crippen molar-refractivity contribution in [3.8, 4) is 11.1 Å². The van der Waals surface area contributed by atoms with Crippen LogP contribution in [0.25, 0.3) is 21.9 Å². The summed E-state index contributed by atoms with van der Waals surface area (Å²) in [6.07, 6.45) is 0.653. The van der Waals surface area contributed by atoms with Gasteiger partial charge in [-0.25, -0.2) is 9.78 Å². The normalized spacial score (nSPS) is 10.7. The number of hydrogen-bond acceptors (Lipinski definition) is 3. The van der Waals surface area contributed by atoms with Crippen LogP contribution in [0.3, 0.4) is 0 Å². The lowest BCUT2D eigenvalue weighted by atomic mass is 9.94. The first kappa shape index (κ1) is 17.0. The van der Waals surface area contributed by atoms with Crippen LogP contribution in [-0.2, 0) is 11.2 Å². The van der Waals surface area contributed by atoms with E-state index in [9.17, 15) is 4.79 Å². The molecule has 0 saturated carbocycles. The Bertz CT molecular complexity index is 1090. The fraction of sp³-hybridized carbons (Fsp3) is 0.0833. The number of ether oxygens (including phenoxy) is 1. The van der Waals surface area contributed by atoms with Gasteiger partial charge in [0.15, 0.2) is 5.69 Å². The van der Waals surface area contributed by atoms with Crippen LogP contribution in [0.15, 0.2) is 84.9 Å². The molecule has 0 aliphatic carbocycles. The summed E-state index contributed by atoms with van der Waals surface area (Å²) in [4.78, 5) is 17.3. The highest BCUT2D eigenvalue weighted by Gasteiger charge is 2.21. The number of nitrogens with zero attached hydrogens (tertiary/aromatic N) is 1. The molecule has 4 rings (SSSR count). The minimum atomic E-state index is -0.422. The van der Waals surface area contributed by atoms with Gasteiger partial charge in [-0.2, -0.15) is 0 Å². The highest BCUT2D eigenvalue weighted by atomic mass is 16.5. The molecule has 0 unspecified atom stereocenters. The number of carbonyl (C=O) groups excluding carboxylic acids is 1. The Hall–Kier alpha value is -3.46. The summed E-state index contributed by atoms with van der Waals surface area (Å²) < 4.78 is 5.05. The lowest BCUT2D eigenvalue weighted by Gasteiger charge is -2.15. The topological polar surface area (TPSA) is 39.2 Å². The standard InChI is InChI=1S/C24H19NO2/c1-27-24(26)23-22(18-12-6-3-7-13-18)20-15-9-8-14-19(20)21(25-23)16-17-10-4-2-5-11-17/h2-15H,16H2,1H3. The Morgan fingerprint density at radius 3 is 2.07 bits per heavy atom. The predicted molar refractivity (Wildman–Crippen MR) is 108 cm³/mol. The van der Waals surface area contributed by atoms with Gasteiger partial charge in [0.25, 0.3) is 0 Å². The van der Waals surface area contributed by atoms with Gasteiger partial charge in [0.2, 0.25) is 0 Å². The van der Waals surface area contributed by atoms with Crippen LogP contribution in [0.5, 0.6) is 0 Å². The lowest BCUT2D eigenvalue weighted by molar-refractivity contribution is 0.0595. The molecule has 0 bridgehead atoms. The molecule has 132 valence electrons. The van der Waals surface area contributed by atoms with Gasteiger partial charge in [0.1, 0.15) is 0 Å². The number of rotatable bonds is 4. The fourth-order valence-electron chi connectivity index (χ4n) is 3.40. The zero-order valence-corrected chi connectivity index (χ0v) is 15.1. The molecule has 1 heterocycles. The number of pyridine rings is 1. The Morgan fingerprint density at radius 1 is 0.815 bits per heavy atom. The minimum Gasteiger partial charge on any atom is -0.464 e. The van der Waals surface area contributed by atoms with Crippen molar-refractivity contribution in [3.05, 3.63) is 102 Å². The highest BCUT2D eigenvalue weighted by Crippen LogP contribution is 2.33. The molecular weight excluding hydrogens is 334 g/mol. The van der Waals surface area contributed by atoms with Crippen LogP contribution in [-0.4, -0.2) is 18.1 Å². The van der Waals surface area contributed by atoms with Crippen LogP contribution in [0.2, 0.25) is 0 Å². The SMILES string of the molecule is COC(=O)c1nc(Cc2ccccc2)c2ccccc2c1-c1ccccc1.